The van der Waals surface area contributed by atoms with E-state index in [9.17, 15) is 0 Å². The van der Waals surface area contributed by atoms with Gasteiger partial charge in [-0.05, 0) is 30.3 Å². The predicted octanol–water partition coefficient (Wildman–Crippen LogP) is 4.84. The molecule has 0 atom stereocenters. The lowest BCUT2D eigenvalue weighted by molar-refractivity contribution is 1.11. The fourth-order valence-corrected chi connectivity index (χ4v) is 3.29. The van der Waals surface area contributed by atoms with E-state index >= 15 is 0 Å². The highest BCUT2D eigenvalue weighted by Gasteiger charge is 2.10. The molecule has 0 aliphatic carbocycles. The number of fused-ring (bicyclic) bond motifs is 1. The molecular weight excluding hydrogens is 302 g/mol. The summed E-state index contributed by atoms with van der Waals surface area (Å²) in [5.74, 6) is 0.726. The Morgan fingerprint density at radius 3 is 2.26 bits per heavy atom. The lowest BCUT2D eigenvalue weighted by Gasteiger charge is -2.08. The summed E-state index contributed by atoms with van der Waals surface area (Å²) < 4.78 is 0. The second-order valence-electron chi connectivity index (χ2n) is 5.02. The van der Waals surface area contributed by atoms with Crippen LogP contribution in [-0.4, -0.2) is 15.0 Å². The third kappa shape index (κ3) is 2.94. The summed E-state index contributed by atoms with van der Waals surface area (Å²) in [6.07, 6.45) is 3.52. The van der Waals surface area contributed by atoms with Crippen molar-refractivity contribution in [2.24, 2.45) is 0 Å². The largest absolute Gasteiger partial charge is 0.265 e. The highest BCUT2D eigenvalue weighted by molar-refractivity contribution is 7.99. The topological polar surface area (TPSA) is 38.7 Å². The third-order valence-electron chi connectivity index (χ3n) is 3.46. The molecule has 0 aliphatic heterocycles. The molecule has 0 N–H and O–H groups in total. The Morgan fingerprint density at radius 2 is 1.43 bits per heavy atom. The summed E-state index contributed by atoms with van der Waals surface area (Å²) in [6, 6.07) is 22.3. The maximum absolute atomic E-state index is 4.79. The van der Waals surface area contributed by atoms with Crippen LogP contribution < -0.4 is 0 Å². The van der Waals surface area contributed by atoms with Gasteiger partial charge in [-0.15, -0.1) is 0 Å². The first kappa shape index (κ1) is 13.9. The number of para-hydroxylation sites is 1. The number of pyridine rings is 1. The maximum Gasteiger partial charge on any atom is 0.161 e. The molecule has 0 unspecified atom stereocenters. The first-order valence-corrected chi connectivity index (χ1v) is 8.12. The monoisotopic (exact) mass is 315 g/mol. The van der Waals surface area contributed by atoms with Gasteiger partial charge in [-0.1, -0.05) is 48.2 Å². The summed E-state index contributed by atoms with van der Waals surface area (Å²) in [6.45, 7) is 0. The van der Waals surface area contributed by atoms with Crippen LogP contribution in [0.2, 0.25) is 0 Å². The molecule has 4 heteroatoms. The van der Waals surface area contributed by atoms with Gasteiger partial charge in [-0.25, -0.2) is 9.97 Å². The number of hydrogen-bond donors (Lipinski definition) is 0. The van der Waals surface area contributed by atoms with E-state index in [0.29, 0.717) is 0 Å². The summed E-state index contributed by atoms with van der Waals surface area (Å²) in [7, 11) is 0. The van der Waals surface area contributed by atoms with Crippen molar-refractivity contribution in [2.75, 3.05) is 0 Å². The van der Waals surface area contributed by atoms with E-state index in [2.05, 4.69) is 23.2 Å². The molecule has 0 fully saturated rings. The van der Waals surface area contributed by atoms with Gasteiger partial charge in [0.25, 0.3) is 0 Å². The van der Waals surface area contributed by atoms with Gasteiger partial charge >= 0.3 is 0 Å². The normalized spacial score (nSPS) is 10.8. The van der Waals surface area contributed by atoms with E-state index in [1.807, 2.05) is 48.5 Å². The quantitative estimate of drug-likeness (QED) is 0.507. The highest BCUT2D eigenvalue weighted by atomic mass is 32.2. The van der Waals surface area contributed by atoms with Crippen molar-refractivity contribution in [2.45, 2.75) is 9.92 Å². The molecule has 110 valence electrons. The van der Waals surface area contributed by atoms with Gasteiger partial charge < -0.3 is 0 Å². The molecule has 23 heavy (non-hydrogen) atoms. The van der Waals surface area contributed by atoms with Crippen LogP contribution in [0.4, 0.5) is 0 Å². The molecule has 0 saturated heterocycles. The van der Waals surface area contributed by atoms with Crippen molar-refractivity contribution in [1.29, 1.82) is 0 Å². The maximum atomic E-state index is 4.79. The molecule has 3 nitrogen and oxygen atoms in total. The van der Waals surface area contributed by atoms with Crippen molar-refractivity contribution < 1.29 is 0 Å². The highest BCUT2D eigenvalue weighted by Crippen LogP contribution is 2.32. The van der Waals surface area contributed by atoms with E-state index in [0.717, 1.165) is 32.2 Å². The Labute approximate surface area is 138 Å². The van der Waals surface area contributed by atoms with Crippen LogP contribution in [0, 0.1) is 0 Å². The molecule has 0 spiro atoms. The lowest BCUT2D eigenvalue weighted by Crippen LogP contribution is -1.93. The fourth-order valence-electron chi connectivity index (χ4n) is 2.36. The SMILES string of the molecule is c1ccc(Sc2nc(-c3ccncc3)nc3ccccc23)cc1. The number of aromatic nitrogens is 3. The molecule has 4 aromatic rings. The average molecular weight is 315 g/mol. The Kier molecular flexibility index (Phi) is 3.74. The second kappa shape index (κ2) is 6.18. The van der Waals surface area contributed by atoms with Crippen LogP contribution in [0.15, 0.2) is 89.0 Å². The Hall–Kier alpha value is -2.72. The second-order valence-corrected chi connectivity index (χ2v) is 6.08. The van der Waals surface area contributed by atoms with Gasteiger partial charge in [0.2, 0.25) is 0 Å². The molecule has 2 aromatic carbocycles. The fraction of sp³-hybridized carbons (Fsp3) is 0. The predicted molar refractivity (Wildman–Crippen MR) is 93.3 cm³/mol. The molecule has 0 bridgehead atoms. The Morgan fingerprint density at radius 1 is 0.696 bits per heavy atom. The van der Waals surface area contributed by atoms with E-state index in [1.54, 1.807) is 24.2 Å². The summed E-state index contributed by atoms with van der Waals surface area (Å²) in [5, 5.41) is 2.03. The van der Waals surface area contributed by atoms with E-state index in [-0.39, 0.29) is 0 Å². The van der Waals surface area contributed by atoms with Gasteiger partial charge in [-0.2, -0.15) is 0 Å². The molecule has 4 rings (SSSR count). The van der Waals surface area contributed by atoms with Crippen LogP contribution in [0.1, 0.15) is 0 Å². The van der Waals surface area contributed by atoms with E-state index in [1.165, 1.54) is 0 Å². The molecule has 0 saturated carbocycles. The van der Waals surface area contributed by atoms with Crippen molar-refractivity contribution in [3.8, 4) is 11.4 Å². The van der Waals surface area contributed by atoms with Crippen LogP contribution in [0.3, 0.4) is 0 Å². The summed E-state index contributed by atoms with van der Waals surface area (Å²) in [5.41, 5.74) is 1.92. The summed E-state index contributed by atoms with van der Waals surface area (Å²) >= 11 is 1.66. The van der Waals surface area contributed by atoms with Gasteiger partial charge in [0.1, 0.15) is 5.03 Å². The van der Waals surface area contributed by atoms with Gasteiger partial charge in [0.15, 0.2) is 5.82 Å². The van der Waals surface area contributed by atoms with Gasteiger partial charge in [0.05, 0.1) is 5.52 Å². The van der Waals surface area contributed by atoms with E-state index in [4.69, 9.17) is 9.97 Å². The zero-order valence-electron chi connectivity index (χ0n) is 12.3. The minimum absolute atomic E-state index is 0.726. The molecule has 2 aromatic heterocycles. The minimum Gasteiger partial charge on any atom is -0.265 e. The average Bonchev–Trinajstić information content (AvgIpc) is 2.63. The number of rotatable bonds is 3. The molecule has 0 radical (unpaired) electrons. The van der Waals surface area contributed by atoms with Gasteiger partial charge in [-0.3, -0.25) is 4.98 Å². The van der Waals surface area contributed by atoms with Crippen molar-refractivity contribution in [1.82, 2.24) is 15.0 Å². The Balaban J connectivity index is 1.87. The summed E-state index contributed by atoms with van der Waals surface area (Å²) in [4.78, 5) is 14.7. The zero-order valence-corrected chi connectivity index (χ0v) is 13.1. The molecule has 0 aliphatic rings. The smallest absolute Gasteiger partial charge is 0.161 e. The van der Waals surface area contributed by atoms with Gasteiger partial charge in [0, 0.05) is 28.2 Å². The standard InChI is InChI=1S/C19H13N3S/c1-2-6-15(7-3-1)23-19-16-8-4-5-9-17(16)21-18(22-19)14-10-12-20-13-11-14/h1-13H. The van der Waals surface area contributed by atoms with Crippen molar-refractivity contribution in [3.05, 3.63) is 79.1 Å². The van der Waals surface area contributed by atoms with Crippen molar-refractivity contribution >= 4 is 22.7 Å². The lowest BCUT2D eigenvalue weighted by atomic mass is 10.2. The first-order valence-electron chi connectivity index (χ1n) is 7.30. The number of hydrogen-bond acceptors (Lipinski definition) is 4. The minimum atomic E-state index is 0.726. The molecule has 2 heterocycles. The third-order valence-corrected chi connectivity index (χ3v) is 4.48. The zero-order chi connectivity index (χ0) is 15.5. The first-order chi connectivity index (χ1) is 11.4. The van der Waals surface area contributed by atoms with Crippen LogP contribution in [-0.2, 0) is 0 Å². The van der Waals surface area contributed by atoms with Crippen molar-refractivity contribution in [3.63, 3.8) is 0 Å². The number of benzene rings is 2. The molecule has 0 amide bonds. The van der Waals surface area contributed by atoms with Crippen LogP contribution in [0.5, 0.6) is 0 Å². The number of nitrogens with zero attached hydrogens (tertiary/aromatic N) is 3. The van der Waals surface area contributed by atoms with E-state index < -0.39 is 0 Å². The van der Waals surface area contributed by atoms with Crippen LogP contribution >= 0.6 is 11.8 Å². The molecular formula is C19H13N3S. The Bertz CT molecular complexity index is 940. The van der Waals surface area contributed by atoms with Crippen LogP contribution in [0.25, 0.3) is 22.3 Å².